The first kappa shape index (κ1) is 19.6. The highest BCUT2D eigenvalue weighted by molar-refractivity contribution is 7.89. The third-order valence-electron chi connectivity index (χ3n) is 4.66. The molecule has 0 aliphatic carbocycles. The zero-order valence-electron chi connectivity index (χ0n) is 14.5. The SMILES string of the molecule is O=S(=O)(NCC1CCN(c2cccnc2)CC1)c1cccc(C(F)(F)F)c1. The van der Waals surface area contributed by atoms with Gasteiger partial charge in [0.15, 0.2) is 0 Å². The Labute approximate surface area is 156 Å². The standard InChI is InChI=1S/C18H20F3N3O2S/c19-18(20,21)15-3-1-5-17(11-15)27(25,26)23-12-14-6-9-24(10-7-14)16-4-2-8-22-13-16/h1-5,8,11,13-14,23H,6-7,9-10,12H2. The fraction of sp³-hybridized carbons (Fsp3) is 0.389. The summed E-state index contributed by atoms with van der Waals surface area (Å²) in [6.45, 7) is 1.77. The Kier molecular flexibility index (Phi) is 5.71. The number of nitrogens with zero attached hydrogens (tertiary/aromatic N) is 2. The molecule has 1 fully saturated rings. The first-order chi connectivity index (χ1) is 12.8. The number of alkyl halides is 3. The number of piperidine rings is 1. The molecule has 0 saturated carbocycles. The summed E-state index contributed by atoms with van der Waals surface area (Å²) in [7, 11) is -3.98. The van der Waals surface area contributed by atoms with E-state index < -0.39 is 21.8 Å². The molecule has 1 aliphatic rings. The van der Waals surface area contributed by atoms with Crippen LogP contribution in [0.1, 0.15) is 18.4 Å². The highest BCUT2D eigenvalue weighted by atomic mass is 32.2. The van der Waals surface area contributed by atoms with E-state index in [-0.39, 0.29) is 17.4 Å². The van der Waals surface area contributed by atoms with Crippen LogP contribution in [0.2, 0.25) is 0 Å². The van der Waals surface area contributed by atoms with Crippen LogP contribution < -0.4 is 9.62 Å². The van der Waals surface area contributed by atoms with Crippen LogP contribution in [0.15, 0.2) is 53.7 Å². The lowest BCUT2D eigenvalue weighted by molar-refractivity contribution is -0.137. The molecule has 1 aliphatic heterocycles. The van der Waals surface area contributed by atoms with Gasteiger partial charge in [-0.25, -0.2) is 13.1 Å². The third-order valence-corrected chi connectivity index (χ3v) is 6.08. The van der Waals surface area contributed by atoms with E-state index in [0.717, 1.165) is 43.8 Å². The monoisotopic (exact) mass is 399 g/mol. The Morgan fingerprint density at radius 3 is 2.52 bits per heavy atom. The van der Waals surface area contributed by atoms with Crippen molar-refractivity contribution in [1.29, 1.82) is 0 Å². The lowest BCUT2D eigenvalue weighted by Gasteiger charge is -2.33. The number of hydrogen-bond donors (Lipinski definition) is 1. The van der Waals surface area contributed by atoms with Gasteiger partial charge in [0, 0.05) is 25.8 Å². The molecule has 0 amide bonds. The molecule has 2 heterocycles. The van der Waals surface area contributed by atoms with Crippen LogP contribution in [-0.4, -0.2) is 33.0 Å². The highest BCUT2D eigenvalue weighted by Gasteiger charge is 2.31. The van der Waals surface area contributed by atoms with Crippen molar-refractivity contribution in [2.75, 3.05) is 24.5 Å². The van der Waals surface area contributed by atoms with Crippen LogP contribution in [0.5, 0.6) is 0 Å². The molecule has 1 aromatic heterocycles. The number of halogens is 3. The minimum Gasteiger partial charge on any atom is -0.370 e. The van der Waals surface area contributed by atoms with Gasteiger partial charge in [-0.05, 0) is 49.1 Å². The van der Waals surface area contributed by atoms with Crippen LogP contribution in [-0.2, 0) is 16.2 Å². The number of hydrogen-bond acceptors (Lipinski definition) is 4. The van der Waals surface area contributed by atoms with Crippen molar-refractivity contribution < 1.29 is 21.6 Å². The van der Waals surface area contributed by atoms with Crippen LogP contribution in [0, 0.1) is 5.92 Å². The first-order valence-electron chi connectivity index (χ1n) is 8.57. The molecule has 0 unspecified atom stereocenters. The largest absolute Gasteiger partial charge is 0.416 e. The zero-order chi connectivity index (χ0) is 19.5. The molecule has 5 nitrogen and oxygen atoms in total. The second-order valence-electron chi connectivity index (χ2n) is 6.52. The van der Waals surface area contributed by atoms with Gasteiger partial charge in [0.2, 0.25) is 10.0 Å². The van der Waals surface area contributed by atoms with Gasteiger partial charge in [-0.15, -0.1) is 0 Å². The summed E-state index contributed by atoms with van der Waals surface area (Å²) in [6.07, 6.45) is 0.500. The summed E-state index contributed by atoms with van der Waals surface area (Å²) in [5.41, 5.74) is 0.0515. The average Bonchev–Trinajstić information content (AvgIpc) is 2.67. The molecule has 2 aromatic rings. The van der Waals surface area contributed by atoms with Crippen LogP contribution in [0.3, 0.4) is 0 Å². The van der Waals surface area contributed by atoms with Crippen molar-refractivity contribution in [3.05, 3.63) is 54.4 Å². The maximum Gasteiger partial charge on any atom is 0.416 e. The van der Waals surface area contributed by atoms with Crippen molar-refractivity contribution in [2.45, 2.75) is 23.9 Å². The van der Waals surface area contributed by atoms with E-state index in [1.54, 1.807) is 12.4 Å². The van der Waals surface area contributed by atoms with E-state index in [1.807, 2.05) is 12.1 Å². The molecule has 0 radical (unpaired) electrons. The lowest BCUT2D eigenvalue weighted by Crippen LogP contribution is -2.38. The quantitative estimate of drug-likeness (QED) is 0.838. The van der Waals surface area contributed by atoms with E-state index in [9.17, 15) is 21.6 Å². The number of aromatic nitrogens is 1. The zero-order valence-corrected chi connectivity index (χ0v) is 15.3. The van der Waals surface area contributed by atoms with Crippen molar-refractivity contribution in [3.63, 3.8) is 0 Å². The molecule has 1 N–H and O–H groups in total. The highest BCUT2D eigenvalue weighted by Crippen LogP contribution is 2.30. The van der Waals surface area contributed by atoms with Crippen LogP contribution in [0.25, 0.3) is 0 Å². The van der Waals surface area contributed by atoms with Gasteiger partial charge in [-0.3, -0.25) is 4.98 Å². The number of rotatable bonds is 5. The van der Waals surface area contributed by atoms with Crippen LogP contribution >= 0.6 is 0 Å². The molecule has 146 valence electrons. The summed E-state index contributed by atoms with van der Waals surface area (Å²) in [4.78, 5) is 5.91. The molecule has 1 aromatic carbocycles. The molecule has 27 heavy (non-hydrogen) atoms. The van der Waals surface area contributed by atoms with Gasteiger partial charge in [0.25, 0.3) is 0 Å². The normalized spacial score (nSPS) is 16.5. The Morgan fingerprint density at radius 1 is 1.15 bits per heavy atom. The Morgan fingerprint density at radius 2 is 1.89 bits per heavy atom. The Balaban J connectivity index is 1.57. The molecule has 0 bridgehead atoms. The van der Waals surface area contributed by atoms with E-state index in [0.29, 0.717) is 6.07 Å². The number of benzene rings is 1. The topological polar surface area (TPSA) is 62.3 Å². The minimum absolute atomic E-state index is 0.137. The molecule has 9 heteroatoms. The predicted molar refractivity (Wildman–Crippen MR) is 95.8 cm³/mol. The van der Waals surface area contributed by atoms with Gasteiger partial charge in [-0.2, -0.15) is 13.2 Å². The smallest absolute Gasteiger partial charge is 0.370 e. The second kappa shape index (κ2) is 7.85. The second-order valence-corrected chi connectivity index (χ2v) is 8.29. The van der Waals surface area contributed by atoms with Crippen molar-refractivity contribution >= 4 is 15.7 Å². The van der Waals surface area contributed by atoms with Crippen molar-refractivity contribution in [2.24, 2.45) is 5.92 Å². The van der Waals surface area contributed by atoms with Crippen molar-refractivity contribution in [1.82, 2.24) is 9.71 Å². The molecule has 0 atom stereocenters. The molecule has 3 rings (SSSR count). The average molecular weight is 399 g/mol. The summed E-state index contributed by atoms with van der Waals surface area (Å²) in [5.74, 6) is 0.137. The maximum absolute atomic E-state index is 12.8. The number of nitrogens with one attached hydrogen (secondary N) is 1. The van der Waals surface area contributed by atoms with Gasteiger partial charge in [0.1, 0.15) is 0 Å². The van der Waals surface area contributed by atoms with Gasteiger partial charge >= 0.3 is 6.18 Å². The fourth-order valence-electron chi connectivity index (χ4n) is 3.09. The maximum atomic E-state index is 12.8. The number of pyridine rings is 1. The van der Waals surface area contributed by atoms with E-state index in [2.05, 4.69) is 14.6 Å². The van der Waals surface area contributed by atoms with E-state index in [4.69, 9.17) is 0 Å². The van der Waals surface area contributed by atoms with Gasteiger partial charge in [-0.1, -0.05) is 6.07 Å². The molecule has 0 spiro atoms. The fourth-order valence-corrected chi connectivity index (χ4v) is 4.25. The predicted octanol–water partition coefficient (Wildman–Crippen LogP) is 3.30. The van der Waals surface area contributed by atoms with E-state index in [1.165, 1.54) is 6.07 Å². The molecular weight excluding hydrogens is 379 g/mol. The minimum atomic E-state index is -4.58. The van der Waals surface area contributed by atoms with Gasteiger partial charge in [0.05, 0.1) is 22.3 Å². The van der Waals surface area contributed by atoms with Crippen LogP contribution in [0.4, 0.5) is 18.9 Å². The molecular formula is C18H20F3N3O2S. The number of sulfonamides is 1. The lowest BCUT2D eigenvalue weighted by atomic mass is 9.97. The third kappa shape index (κ3) is 4.98. The first-order valence-corrected chi connectivity index (χ1v) is 10.1. The summed E-state index contributed by atoms with van der Waals surface area (Å²) in [6, 6.07) is 7.63. The molecule has 1 saturated heterocycles. The van der Waals surface area contributed by atoms with E-state index >= 15 is 0 Å². The summed E-state index contributed by atoms with van der Waals surface area (Å²) < 4.78 is 65.5. The van der Waals surface area contributed by atoms with Crippen molar-refractivity contribution in [3.8, 4) is 0 Å². The number of anilines is 1. The Hall–Kier alpha value is -2.13. The summed E-state index contributed by atoms with van der Waals surface area (Å²) >= 11 is 0. The van der Waals surface area contributed by atoms with Gasteiger partial charge < -0.3 is 4.90 Å². The summed E-state index contributed by atoms with van der Waals surface area (Å²) in [5, 5.41) is 0. The Bertz CT molecular complexity index is 865.